The van der Waals surface area contributed by atoms with Crippen LogP contribution in [0.4, 0.5) is 4.39 Å². The van der Waals surface area contributed by atoms with Gasteiger partial charge in [-0.15, -0.1) is 0 Å². The molecule has 0 spiro atoms. The Labute approximate surface area is 182 Å². The Hall–Kier alpha value is -2.89. The van der Waals surface area contributed by atoms with Crippen molar-refractivity contribution in [2.75, 3.05) is 19.7 Å². The van der Waals surface area contributed by atoms with E-state index in [2.05, 4.69) is 0 Å². The summed E-state index contributed by atoms with van der Waals surface area (Å²) < 4.78 is 24.5. The third kappa shape index (κ3) is 4.89. The van der Waals surface area contributed by atoms with Gasteiger partial charge >= 0.3 is 5.97 Å². The van der Waals surface area contributed by atoms with Crippen LogP contribution >= 0.6 is 0 Å². The van der Waals surface area contributed by atoms with Crippen LogP contribution in [0.25, 0.3) is 0 Å². The minimum atomic E-state index is -0.457. The van der Waals surface area contributed by atoms with Gasteiger partial charge < -0.3 is 14.4 Å². The SMILES string of the molecule is CCOC(=O)CC(c1ccc(F)cc1)C1CCN(C(=O)C2Cc3ccccc3O2)CC1. The topological polar surface area (TPSA) is 55.8 Å². The molecule has 1 amide bonds. The molecule has 2 unspecified atom stereocenters. The lowest BCUT2D eigenvalue weighted by molar-refractivity contribution is -0.144. The van der Waals surface area contributed by atoms with Crippen LogP contribution in [0.2, 0.25) is 0 Å². The highest BCUT2D eigenvalue weighted by Gasteiger charge is 2.36. The number of hydrogen-bond acceptors (Lipinski definition) is 4. The minimum absolute atomic E-state index is 0.0263. The van der Waals surface area contributed by atoms with Gasteiger partial charge in [-0.1, -0.05) is 30.3 Å². The Kier molecular flexibility index (Phi) is 6.54. The number of ether oxygens (including phenoxy) is 2. The Morgan fingerprint density at radius 2 is 1.84 bits per heavy atom. The van der Waals surface area contributed by atoms with E-state index in [0.29, 0.717) is 26.1 Å². The van der Waals surface area contributed by atoms with Crippen molar-refractivity contribution in [3.05, 3.63) is 65.5 Å². The zero-order chi connectivity index (χ0) is 21.8. The number of amides is 1. The lowest BCUT2D eigenvalue weighted by Gasteiger charge is -2.37. The Morgan fingerprint density at radius 1 is 1.13 bits per heavy atom. The molecule has 0 N–H and O–H groups in total. The first-order valence-electron chi connectivity index (χ1n) is 11.0. The van der Waals surface area contributed by atoms with Crippen LogP contribution < -0.4 is 4.74 Å². The van der Waals surface area contributed by atoms with Gasteiger partial charge in [-0.3, -0.25) is 9.59 Å². The molecule has 6 heteroatoms. The number of nitrogens with zero attached hydrogens (tertiary/aromatic N) is 1. The first-order chi connectivity index (χ1) is 15.0. The van der Waals surface area contributed by atoms with E-state index < -0.39 is 6.10 Å². The molecule has 2 heterocycles. The molecule has 2 aliphatic rings. The third-order valence-electron chi connectivity index (χ3n) is 6.33. The van der Waals surface area contributed by atoms with E-state index in [0.717, 1.165) is 29.7 Å². The second kappa shape index (κ2) is 9.50. The van der Waals surface area contributed by atoms with Crippen molar-refractivity contribution in [3.63, 3.8) is 0 Å². The summed E-state index contributed by atoms with van der Waals surface area (Å²) in [5.74, 6) is 0.452. The van der Waals surface area contributed by atoms with E-state index >= 15 is 0 Å². The molecule has 0 aromatic heterocycles. The molecule has 2 aromatic carbocycles. The lowest BCUT2D eigenvalue weighted by atomic mass is 9.78. The van der Waals surface area contributed by atoms with Gasteiger partial charge in [0.05, 0.1) is 13.0 Å². The monoisotopic (exact) mass is 425 g/mol. The van der Waals surface area contributed by atoms with Crippen LogP contribution in [0.1, 0.15) is 43.2 Å². The number of hydrogen-bond donors (Lipinski definition) is 0. The van der Waals surface area contributed by atoms with E-state index in [-0.39, 0.29) is 36.0 Å². The average Bonchev–Trinajstić information content (AvgIpc) is 3.22. The van der Waals surface area contributed by atoms with Crippen LogP contribution in [0, 0.1) is 11.7 Å². The smallest absolute Gasteiger partial charge is 0.306 e. The zero-order valence-electron chi connectivity index (χ0n) is 17.8. The molecule has 0 aliphatic carbocycles. The Bertz CT molecular complexity index is 896. The number of benzene rings is 2. The first-order valence-corrected chi connectivity index (χ1v) is 11.0. The van der Waals surface area contributed by atoms with Gasteiger partial charge in [-0.2, -0.15) is 0 Å². The number of carbonyl (C=O) groups is 2. The molecule has 0 saturated carbocycles. The predicted molar refractivity (Wildman–Crippen MR) is 114 cm³/mol. The second-order valence-corrected chi connectivity index (χ2v) is 8.25. The van der Waals surface area contributed by atoms with Gasteiger partial charge in [0.1, 0.15) is 11.6 Å². The summed E-state index contributed by atoms with van der Waals surface area (Å²) >= 11 is 0. The van der Waals surface area contributed by atoms with Gasteiger partial charge in [0, 0.05) is 19.5 Å². The van der Waals surface area contributed by atoms with Crippen molar-refractivity contribution in [1.29, 1.82) is 0 Å². The Balaban J connectivity index is 1.39. The molecule has 1 saturated heterocycles. The third-order valence-corrected chi connectivity index (χ3v) is 6.33. The molecule has 2 aliphatic heterocycles. The fraction of sp³-hybridized carbons (Fsp3) is 0.440. The number of esters is 1. The summed E-state index contributed by atoms with van der Waals surface area (Å²) in [6, 6.07) is 14.1. The van der Waals surface area contributed by atoms with Crippen molar-refractivity contribution < 1.29 is 23.5 Å². The standard InChI is InChI=1S/C25H28FNO4/c1-2-30-24(28)16-21(17-7-9-20(26)10-8-17)18-11-13-27(14-12-18)25(29)23-15-19-5-3-4-6-22(19)31-23/h3-10,18,21,23H,2,11-16H2,1H3. The van der Waals surface area contributed by atoms with E-state index in [1.165, 1.54) is 12.1 Å². The molecule has 1 fully saturated rings. The molecule has 2 aromatic rings. The summed E-state index contributed by atoms with van der Waals surface area (Å²) in [6.45, 7) is 3.38. The first kappa shape index (κ1) is 21.3. The summed E-state index contributed by atoms with van der Waals surface area (Å²) in [7, 11) is 0. The van der Waals surface area contributed by atoms with Crippen molar-refractivity contribution in [2.24, 2.45) is 5.92 Å². The molecule has 31 heavy (non-hydrogen) atoms. The average molecular weight is 426 g/mol. The number of likely N-dealkylation sites (tertiary alicyclic amines) is 1. The molecule has 4 rings (SSSR count). The van der Waals surface area contributed by atoms with Gasteiger partial charge in [0.2, 0.25) is 0 Å². The number of fused-ring (bicyclic) bond motifs is 1. The predicted octanol–water partition coefficient (Wildman–Crippen LogP) is 4.10. The number of piperidine rings is 1. The highest BCUT2D eigenvalue weighted by Crippen LogP contribution is 2.36. The molecule has 0 bridgehead atoms. The van der Waals surface area contributed by atoms with Crippen LogP contribution in [-0.2, 0) is 20.7 Å². The number of halogens is 1. The van der Waals surface area contributed by atoms with Gasteiger partial charge in [-0.05, 0) is 60.9 Å². The van der Waals surface area contributed by atoms with Crippen LogP contribution in [0.5, 0.6) is 5.75 Å². The number of para-hydroxylation sites is 1. The summed E-state index contributed by atoms with van der Waals surface area (Å²) in [4.78, 5) is 27.1. The molecular weight excluding hydrogens is 397 g/mol. The van der Waals surface area contributed by atoms with Crippen molar-refractivity contribution in [2.45, 2.75) is 44.6 Å². The number of carbonyl (C=O) groups excluding carboxylic acids is 2. The highest BCUT2D eigenvalue weighted by atomic mass is 19.1. The zero-order valence-corrected chi connectivity index (χ0v) is 17.8. The van der Waals surface area contributed by atoms with Crippen molar-refractivity contribution in [1.82, 2.24) is 4.90 Å². The van der Waals surface area contributed by atoms with Crippen molar-refractivity contribution in [3.8, 4) is 5.75 Å². The summed E-state index contributed by atoms with van der Waals surface area (Å²) in [5.41, 5.74) is 2.01. The second-order valence-electron chi connectivity index (χ2n) is 8.25. The van der Waals surface area contributed by atoms with Crippen LogP contribution in [0.3, 0.4) is 0 Å². The maximum atomic E-state index is 13.4. The van der Waals surface area contributed by atoms with Crippen LogP contribution in [-0.4, -0.2) is 42.6 Å². The van der Waals surface area contributed by atoms with E-state index in [1.54, 1.807) is 19.1 Å². The molecular formula is C25H28FNO4. The highest BCUT2D eigenvalue weighted by molar-refractivity contribution is 5.82. The maximum Gasteiger partial charge on any atom is 0.306 e. The summed E-state index contributed by atoms with van der Waals surface area (Å²) in [5, 5.41) is 0. The van der Waals surface area contributed by atoms with E-state index in [1.807, 2.05) is 29.2 Å². The normalized spacial score (nSPS) is 19.4. The van der Waals surface area contributed by atoms with Crippen LogP contribution in [0.15, 0.2) is 48.5 Å². The fourth-order valence-electron chi connectivity index (χ4n) is 4.71. The molecule has 0 radical (unpaired) electrons. The Morgan fingerprint density at radius 3 is 2.52 bits per heavy atom. The van der Waals surface area contributed by atoms with Gasteiger partial charge in [-0.25, -0.2) is 4.39 Å². The van der Waals surface area contributed by atoms with E-state index in [4.69, 9.17) is 9.47 Å². The van der Waals surface area contributed by atoms with E-state index in [9.17, 15) is 14.0 Å². The molecule has 2 atom stereocenters. The van der Waals surface area contributed by atoms with Gasteiger partial charge in [0.25, 0.3) is 5.91 Å². The van der Waals surface area contributed by atoms with Gasteiger partial charge in [0.15, 0.2) is 6.10 Å². The van der Waals surface area contributed by atoms with Crippen molar-refractivity contribution >= 4 is 11.9 Å². The largest absolute Gasteiger partial charge is 0.480 e. The number of rotatable bonds is 6. The lowest BCUT2D eigenvalue weighted by Crippen LogP contribution is -2.46. The molecule has 164 valence electrons. The fourth-order valence-corrected chi connectivity index (χ4v) is 4.71. The molecule has 5 nitrogen and oxygen atoms in total. The maximum absolute atomic E-state index is 13.4. The quantitative estimate of drug-likeness (QED) is 0.654. The summed E-state index contributed by atoms with van der Waals surface area (Å²) in [6.07, 6.45) is 1.98. The minimum Gasteiger partial charge on any atom is -0.480 e.